The molecule has 3 aromatic carbocycles. The van der Waals surface area contributed by atoms with E-state index in [0.717, 1.165) is 17.5 Å². The summed E-state index contributed by atoms with van der Waals surface area (Å²) in [6.07, 6.45) is 1.91. The maximum absolute atomic E-state index is 12.5. The van der Waals surface area contributed by atoms with E-state index in [4.69, 9.17) is 10.5 Å². The number of amides is 2. The third-order valence-corrected chi connectivity index (χ3v) is 9.15. The molecule has 2 atom stereocenters. The van der Waals surface area contributed by atoms with Gasteiger partial charge in [0.1, 0.15) is 16.4 Å². The number of sulfone groups is 1. The summed E-state index contributed by atoms with van der Waals surface area (Å²) in [6, 6.07) is 22.7. The maximum Gasteiger partial charge on any atom is 0.407 e. The van der Waals surface area contributed by atoms with Crippen LogP contribution in [0.25, 0.3) is 0 Å². The number of rotatable bonds is 9. The monoisotopic (exact) mass is 562 g/mol. The third-order valence-electron chi connectivity index (χ3n) is 7.43. The lowest BCUT2D eigenvalue weighted by molar-refractivity contribution is 0.102. The number of nitrogen functional groups attached to an aromatic ring is 1. The number of carbonyl (C=O) groups is 2. The van der Waals surface area contributed by atoms with Gasteiger partial charge in [0, 0.05) is 30.1 Å². The number of benzene rings is 3. The normalized spacial score (nSPS) is 19.9. The Kier molecular flexibility index (Phi) is 8.37. The molecule has 3 aromatic rings. The summed E-state index contributed by atoms with van der Waals surface area (Å²) in [6.45, 7) is 0.436. The highest BCUT2D eigenvalue weighted by Crippen LogP contribution is 2.41. The number of nitrogens with one attached hydrogen (secondary N) is 3. The van der Waals surface area contributed by atoms with Crippen molar-refractivity contribution in [3.63, 3.8) is 0 Å². The van der Waals surface area contributed by atoms with Crippen LogP contribution >= 0.6 is 0 Å². The van der Waals surface area contributed by atoms with Gasteiger partial charge in [0.25, 0.3) is 5.91 Å². The predicted octanol–water partition coefficient (Wildman–Crippen LogP) is 3.97. The number of para-hydroxylation sites is 2. The van der Waals surface area contributed by atoms with Gasteiger partial charge in [0.15, 0.2) is 0 Å². The lowest BCUT2D eigenvalue weighted by atomic mass is 10.1. The Morgan fingerprint density at radius 2 is 1.57 bits per heavy atom. The minimum Gasteiger partial charge on any atom is -0.445 e. The number of alkyl carbamates (subject to hydrolysis) is 1. The molecule has 2 amide bonds. The second-order valence-corrected chi connectivity index (χ2v) is 12.8. The molecule has 1 aliphatic carbocycles. The first-order valence-corrected chi connectivity index (χ1v) is 15.3. The molecule has 5 N–H and O–H groups in total. The SMILES string of the molecule is Nc1ccccc1NC(=O)c1ccc(CNC(=O)OCc2ccc([C@H]3C[C@@H]3NC3CCS(=O)(=O)CC3)cc2)cc1. The van der Waals surface area contributed by atoms with Crippen LogP contribution in [0.2, 0.25) is 0 Å². The molecule has 0 unspecified atom stereocenters. The zero-order valence-electron chi connectivity index (χ0n) is 22.1. The molecule has 2 aliphatic rings. The van der Waals surface area contributed by atoms with Crippen LogP contribution in [0.4, 0.5) is 16.2 Å². The summed E-state index contributed by atoms with van der Waals surface area (Å²) in [5.41, 5.74) is 10.4. The van der Waals surface area contributed by atoms with Crippen molar-refractivity contribution in [2.45, 2.75) is 50.4 Å². The molecule has 210 valence electrons. The van der Waals surface area contributed by atoms with E-state index >= 15 is 0 Å². The van der Waals surface area contributed by atoms with Crippen molar-refractivity contribution < 1.29 is 22.7 Å². The van der Waals surface area contributed by atoms with Crippen molar-refractivity contribution in [3.05, 3.63) is 95.1 Å². The van der Waals surface area contributed by atoms with Crippen LogP contribution in [0.1, 0.15) is 52.2 Å². The van der Waals surface area contributed by atoms with Crippen molar-refractivity contribution in [2.75, 3.05) is 22.6 Å². The van der Waals surface area contributed by atoms with Gasteiger partial charge in [-0.15, -0.1) is 0 Å². The molecule has 0 spiro atoms. The Hall–Kier alpha value is -3.89. The van der Waals surface area contributed by atoms with E-state index in [1.807, 2.05) is 12.1 Å². The van der Waals surface area contributed by atoms with E-state index in [1.54, 1.807) is 48.5 Å². The first-order chi connectivity index (χ1) is 19.3. The molecule has 40 heavy (non-hydrogen) atoms. The molecule has 0 bridgehead atoms. The summed E-state index contributed by atoms with van der Waals surface area (Å²) < 4.78 is 28.6. The van der Waals surface area contributed by atoms with Crippen molar-refractivity contribution >= 4 is 33.2 Å². The Labute approximate surface area is 234 Å². The van der Waals surface area contributed by atoms with Crippen LogP contribution in [0.15, 0.2) is 72.8 Å². The number of anilines is 2. The maximum atomic E-state index is 12.5. The predicted molar refractivity (Wildman–Crippen MR) is 155 cm³/mol. The van der Waals surface area contributed by atoms with Crippen LogP contribution < -0.4 is 21.7 Å². The molecular formula is C30H34N4O5S. The highest BCUT2D eigenvalue weighted by molar-refractivity contribution is 7.91. The number of ether oxygens (including phenoxy) is 1. The molecule has 5 rings (SSSR count). The van der Waals surface area contributed by atoms with Gasteiger partial charge in [0.2, 0.25) is 0 Å². The quantitative estimate of drug-likeness (QED) is 0.289. The van der Waals surface area contributed by atoms with Crippen molar-refractivity contribution in [1.29, 1.82) is 0 Å². The average molecular weight is 563 g/mol. The first-order valence-electron chi connectivity index (χ1n) is 13.5. The molecule has 1 saturated carbocycles. The van der Waals surface area contributed by atoms with Gasteiger partial charge in [-0.2, -0.15) is 0 Å². The fraction of sp³-hybridized carbons (Fsp3) is 0.333. The zero-order valence-corrected chi connectivity index (χ0v) is 23.0. The standard InChI is InChI=1S/C30H34N4O5S/c31-26-3-1-2-4-27(26)34-29(35)23-11-5-20(6-12-23)18-32-30(36)39-19-21-7-9-22(10-8-21)25-17-28(25)33-24-13-15-40(37,38)16-14-24/h1-12,24-25,28,33H,13-19,31H2,(H,32,36)(H,34,35)/t25-,28+/m1/s1. The van der Waals surface area contributed by atoms with Crippen LogP contribution in [0, 0.1) is 0 Å². The molecule has 10 heteroatoms. The van der Waals surface area contributed by atoms with Gasteiger partial charge in [-0.05, 0) is 60.2 Å². The number of hydrogen-bond acceptors (Lipinski definition) is 7. The molecule has 0 aromatic heterocycles. The average Bonchev–Trinajstić information content (AvgIpc) is 3.72. The fourth-order valence-corrected chi connectivity index (χ4v) is 6.41. The smallest absolute Gasteiger partial charge is 0.407 e. The molecule has 1 saturated heterocycles. The van der Waals surface area contributed by atoms with E-state index in [-0.39, 0.29) is 36.6 Å². The minimum absolute atomic E-state index is 0.163. The summed E-state index contributed by atoms with van der Waals surface area (Å²) in [5.74, 6) is 0.727. The Bertz CT molecular complexity index is 1440. The molecule has 2 fully saturated rings. The zero-order chi connectivity index (χ0) is 28.1. The highest BCUT2D eigenvalue weighted by atomic mass is 32.2. The van der Waals surface area contributed by atoms with Crippen molar-refractivity contribution in [3.8, 4) is 0 Å². The van der Waals surface area contributed by atoms with Gasteiger partial charge >= 0.3 is 6.09 Å². The fourth-order valence-electron chi connectivity index (χ4n) is 4.92. The first kappa shape index (κ1) is 27.7. The van der Waals surface area contributed by atoms with Gasteiger partial charge < -0.3 is 26.4 Å². The van der Waals surface area contributed by atoms with E-state index in [1.165, 1.54) is 5.56 Å². The van der Waals surface area contributed by atoms with E-state index < -0.39 is 15.9 Å². The minimum atomic E-state index is -2.84. The molecular weight excluding hydrogens is 528 g/mol. The molecule has 9 nitrogen and oxygen atoms in total. The number of carbonyl (C=O) groups excluding carboxylic acids is 2. The summed E-state index contributed by atoms with van der Waals surface area (Å²) in [7, 11) is -2.84. The largest absolute Gasteiger partial charge is 0.445 e. The van der Waals surface area contributed by atoms with E-state index in [9.17, 15) is 18.0 Å². The van der Waals surface area contributed by atoms with Crippen molar-refractivity contribution in [1.82, 2.24) is 10.6 Å². The lowest BCUT2D eigenvalue weighted by Crippen LogP contribution is -2.39. The summed E-state index contributed by atoms with van der Waals surface area (Å²) in [4.78, 5) is 24.7. The van der Waals surface area contributed by atoms with E-state index in [0.29, 0.717) is 41.7 Å². The topological polar surface area (TPSA) is 140 Å². The molecule has 0 radical (unpaired) electrons. The third kappa shape index (κ3) is 7.40. The lowest BCUT2D eigenvalue weighted by Gasteiger charge is -2.23. The van der Waals surface area contributed by atoms with Gasteiger partial charge in [0.05, 0.1) is 22.9 Å². The van der Waals surface area contributed by atoms with Gasteiger partial charge in [-0.25, -0.2) is 13.2 Å². The van der Waals surface area contributed by atoms with Gasteiger partial charge in [-0.1, -0.05) is 48.5 Å². The molecule has 1 aliphatic heterocycles. The van der Waals surface area contributed by atoms with Crippen LogP contribution in [0.3, 0.4) is 0 Å². The Morgan fingerprint density at radius 1 is 0.900 bits per heavy atom. The van der Waals surface area contributed by atoms with Crippen LogP contribution in [0.5, 0.6) is 0 Å². The van der Waals surface area contributed by atoms with Crippen LogP contribution in [-0.2, 0) is 27.7 Å². The number of hydrogen-bond donors (Lipinski definition) is 4. The second-order valence-electron chi connectivity index (χ2n) is 10.5. The number of nitrogens with two attached hydrogens (primary N) is 1. The second kappa shape index (κ2) is 12.1. The van der Waals surface area contributed by atoms with E-state index in [2.05, 4.69) is 28.1 Å². The summed E-state index contributed by atoms with van der Waals surface area (Å²) in [5, 5.41) is 9.13. The Balaban J connectivity index is 1.01. The molecule has 1 heterocycles. The van der Waals surface area contributed by atoms with Crippen molar-refractivity contribution in [2.24, 2.45) is 0 Å². The summed E-state index contributed by atoms with van der Waals surface area (Å²) >= 11 is 0. The Morgan fingerprint density at radius 3 is 2.27 bits per heavy atom. The van der Waals surface area contributed by atoms with Gasteiger partial charge in [-0.3, -0.25) is 4.79 Å². The van der Waals surface area contributed by atoms with Crippen LogP contribution in [-0.4, -0.2) is 44.0 Å². The highest BCUT2D eigenvalue weighted by Gasteiger charge is 2.40.